The van der Waals surface area contributed by atoms with Gasteiger partial charge in [0.25, 0.3) is 0 Å². The topological polar surface area (TPSA) is 47.6 Å². The summed E-state index contributed by atoms with van der Waals surface area (Å²) in [5.41, 5.74) is 2.76. The van der Waals surface area contributed by atoms with Crippen molar-refractivity contribution in [2.75, 3.05) is 5.32 Å². The van der Waals surface area contributed by atoms with Gasteiger partial charge in [-0.2, -0.15) is 0 Å². The summed E-state index contributed by atoms with van der Waals surface area (Å²) in [7, 11) is 0. The average Bonchev–Trinajstić information content (AvgIpc) is 2.84. The van der Waals surface area contributed by atoms with E-state index in [0.29, 0.717) is 18.0 Å². The molecule has 0 bridgehead atoms. The molecular weight excluding hydrogens is 398 g/mol. The minimum Gasteiger partial charge on any atom is -0.457 e. The lowest BCUT2D eigenvalue weighted by Gasteiger charge is -2.16. The molecule has 0 spiro atoms. The molecule has 0 aliphatic rings. The number of anilines is 1. The number of rotatable bonds is 8. The van der Waals surface area contributed by atoms with E-state index in [1.165, 1.54) is 0 Å². The standard InChI is InChI=1S/C28H25NO3/c1-21(22-12-10-17-26(19-22)31-25-15-6-3-7-16-25)28(30)32-27-18-9-8-11-23(27)20-29-24-13-4-2-5-14-24/h2-19,21,29H,20H2,1H3. The molecule has 0 amide bonds. The highest BCUT2D eigenvalue weighted by Gasteiger charge is 2.19. The second kappa shape index (κ2) is 10.3. The van der Waals surface area contributed by atoms with E-state index in [-0.39, 0.29) is 5.97 Å². The van der Waals surface area contributed by atoms with Crippen molar-refractivity contribution < 1.29 is 14.3 Å². The van der Waals surface area contributed by atoms with Gasteiger partial charge in [-0.15, -0.1) is 0 Å². The van der Waals surface area contributed by atoms with Crippen LogP contribution in [0.25, 0.3) is 0 Å². The largest absolute Gasteiger partial charge is 0.457 e. The SMILES string of the molecule is CC(C(=O)Oc1ccccc1CNc1ccccc1)c1cccc(Oc2ccccc2)c1. The van der Waals surface area contributed by atoms with Crippen LogP contribution in [0.3, 0.4) is 0 Å². The number of benzene rings is 4. The van der Waals surface area contributed by atoms with Crippen molar-refractivity contribution in [3.8, 4) is 17.2 Å². The average molecular weight is 424 g/mol. The van der Waals surface area contributed by atoms with Gasteiger partial charge in [-0.25, -0.2) is 0 Å². The highest BCUT2D eigenvalue weighted by molar-refractivity contribution is 5.80. The summed E-state index contributed by atoms with van der Waals surface area (Å²) in [6, 6.07) is 34.6. The van der Waals surface area contributed by atoms with Crippen LogP contribution in [0.15, 0.2) is 109 Å². The van der Waals surface area contributed by atoms with E-state index < -0.39 is 5.92 Å². The lowest BCUT2D eigenvalue weighted by atomic mass is 10.0. The molecule has 1 N–H and O–H groups in total. The molecule has 0 saturated heterocycles. The molecule has 0 heterocycles. The molecule has 4 heteroatoms. The van der Waals surface area contributed by atoms with Gasteiger partial charge in [0, 0.05) is 17.8 Å². The van der Waals surface area contributed by atoms with Crippen molar-refractivity contribution in [1.29, 1.82) is 0 Å². The molecule has 160 valence electrons. The Morgan fingerprint density at radius 1 is 0.781 bits per heavy atom. The first kappa shape index (κ1) is 21.2. The monoisotopic (exact) mass is 423 g/mol. The van der Waals surface area contributed by atoms with Crippen LogP contribution in [-0.4, -0.2) is 5.97 Å². The third-order valence-corrected chi connectivity index (χ3v) is 5.13. The maximum absolute atomic E-state index is 12.9. The number of para-hydroxylation sites is 3. The number of hydrogen-bond donors (Lipinski definition) is 1. The molecular formula is C28H25NO3. The molecule has 0 aromatic heterocycles. The molecule has 4 rings (SSSR count). The molecule has 0 radical (unpaired) electrons. The van der Waals surface area contributed by atoms with Gasteiger partial charge >= 0.3 is 5.97 Å². The van der Waals surface area contributed by atoms with Crippen molar-refractivity contribution in [2.45, 2.75) is 19.4 Å². The van der Waals surface area contributed by atoms with E-state index in [0.717, 1.165) is 22.6 Å². The van der Waals surface area contributed by atoms with Crippen LogP contribution in [-0.2, 0) is 11.3 Å². The van der Waals surface area contributed by atoms with Crippen LogP contribution >= 0.6 is 0 Å². The third-order valence-electron chi connectivity index (χ3n) is 5.13. The fourth-order valence-corrected chi connectivity index (χ4v) is 3.31. The van der Waals surface area contributed by atoms with E-state index in [4.69, 9.17) is 9.47 Å². The highest BCUT2D eigenvalue weighted by atomic mass is 16.5. The smallest absolute Gasteiger partial charge is 0.318 e. The molecule has 1 unspecified atom stereocenters. The molecule has 4 aromatic rings. The Hall–Kier alpha value is -4.05. The lowest BCUT2D eigenvalue weighted by Crippen LogP contribution is -2.17. The lowest BCUT2D eigenvalue weighted by molar-refractivity contribution is -0.135. The van der Waals surface area contributed by atoms with Crippen molar-refractivity contribution in [3.63, 3.8) is 0 Å². The molecule has 4 aromatic carbocycles. The van der Waals surface area contributed by atoms with Gasteiger partial charge in [0.15, 0.2) is 0 Å². The second-order valence-corrected chi connectivity index (χ2v) is 7.46. The van der Waals surface area contributed by atoms with Crippen LogP contribution in [0.2, 0.25) is 0 Å². The number of ether oxygens (including phenoxy) is 2. The van der Waals surface area contributed by atoms with Crippen LogP contribution in [0.4, 0.5) is 5.69 Å². The molecule has 4 nitrogen and oxygen atoms in total. The molecule has 0 saturated carbocycles. The first-order valence-electron chi connectivity index (χ1n) is 10.6. The number of nitrogens with one attached hydrogen (secondary N) is 1. The first-order valence-corrected chi connectivity index (χ1v) is 10.6. The maximum atomic E-state index is 12.9. The van der Waals surface area contributed by atoms with Crippen LogP contribution < -0.4 is 14.8 Å². The number of esters is 1. The van der Waals surface area contributed by atoms with Crippen molar-refractivity contribution in [3.05, 3.63) is 120 Å². The summed E-state index contributed by atoms with van der Waals surface area (Å²) in [5, 5.41) is 3.36. The molecule has 0 fully saturated rings. The predicted octanol–water partition coefficient (Wildman–Crippen LogP) is 6.80. The zero-order chi connectivity index (χ0) is 22.2. The fourth-order valence-electron chi connectivity index (χ4n) is 3.31. The second-order valence-electron chi connectivity index (χ2n) is 7.46. The quantitative estimate of drug-likeness (QED) is 0.250. The van der Waals surface area contributed by atoms with Gasteiger partial charge < -0.3 is 14.8 Å². The van der Waals surface area contributed by atoms with Gasteiger partial charge in [0.2, 0.25) is 0 Å². The number of carbonyl (C=O) groups is 1. The van der Waals surface area contributed by atoms with Crippen LogP contribution in [0.1, 0.15) is 24.0 Å². The highest BCUT2D eigenvalue weighted by Crippen LogP contribution is 2.27. The molecule has 0 aliphatic carbocycles. The Kier molecular flexibility index (Phi) is 6.83. The number of hydrogen-bond acceptors (Lipinski definition) is 4. The Morgan fingerprint density at radius 3 is 2.22 bits per heavy atom. The number of carbonyl (C=O) groups excluding carboxylic acids is 1. The van der Waals surface area contributed by atoms with E-state index in [1.54, 1.807) is 0 Å². The molecule has 0 aliphatic heterocycles. The van der Waals surface area contributed by atoms with Gasteiger partial charge in [0.05, 0.1) is 5.92 Å². The zero-order valence-electron chi connectivity index (χ0n) is 17.9. The van der Waals surface area contributed by atoms with E-state index >= 15 is 0 Å². The van der Waals surface area contributed by atoms with Crippen LogP contribution in [0.5, 0.6) is 17.2 Å². The van der Waals surface area contributed by atoms with Crippen molar-refractivity contribution >= 4 is 11.7 Å². The van der Waals surface area contributed by atoms with E-state index in [9.17, 15) is 4.79 Å². The Bertz CT molecular complexity index is 1160. The summed E-state index contributed by atoms with van der Waals surface area (Å²) in [6.45, 7) is 2.40. The summed E-state index contributed by atoms with van der Waals surface area (Å²) in [4.78, 5) is 12.9. The third kappa shape index (κ3) is 5.55. The van der Waals surface area contributed by atoms with Crippen molar-refractivity contribution in [2.24, 2.45) is 0 Å². The van der Waals surface area contributed by atoms with Gasteiger partial charge in [0.1, 0.15) is 17.2 Å². The van der Waals surface area contributed by atoms with Gasteiger partial charge in [-0.3, -0.25) is 4.79 Å². The summed E-state index contributed by atoms with van der Waals surface area (Å²) in [6.07, 6.45) is 0. The normalized spacial score (nSPS) is 11.4. The Labute approximate surface area is 188 Å². The first-order chi connectivity index (χ1) is 15.7. The van der Waals surface area contributed by atoms with Gasteiger partial charge in [-0.1, -0.05) is 66.7 Å². The van der Waals surface area contributed by atoms with Crippen LogP contribution in [0, 0.1) is 0 Å². The van der Waals surface area contributed by atoms with Crippen molar-refractivity contribution in [1.82, 2.24) is 0 Å². The minimum atomic E-state index is -0.440. The summed E-state index contributed by atoms with van der Waals surface area (Å²) >= 11 is 0. The molecule has 32 heavy (non-hydrogen) atoms. The minimum absolute atomic E-state index is 0.311. The zero-order valence-corrected chi connectivity index (χ0v) is 17.9. The fraction of sp³-hybridized carbons (Fsp3) is 0.107. The Balaban J connectivity index is 1.43. The maximum Gasteiger partial charge on any atom is 0.318 e. The Morgan fingerprint density at radius 2 is 1.44 bits per heavy atom. The summed E-state index contributed by atoms with van der Waals surface area (Å²) < 4.78 is 11.7. The predicted molar refractivity (Wildman–Crippen MR) is 127 cm³/mol. The van der Waals surface area contributed by atoms with E-state index in [1.807, 2.05) is 116 Å². The molecule has 1 atom stereocenters. The summed E-state index contributed by atoms with van der Waals surface area (Å²) in [5.74, 6) is 1.24. The van der Waals surface area contributed by atoms with E-state index in [2.05, 4.69) is 5.32 Å². The van der Waals surface area contributed by atoms with Gasteiger partial charge in [-0.05, 0) is 55.0 Å².